The molecular formula is C22H24ClN3O4. The first-order chi connectivity index (χ1) is 14.4. The van der Waals surface area contributed by atoms with E-state index in [-0.39, 0.29) is 5.91 Å². The molecule has 1 aromatic heterocycles. The number of benzene rings is 2. The summed E-state index contributed by atoms with van der Waals surface area (Å²) in [6, 6.07) is 11.0. The summed E-state index contributed by atoms with van der Waals surface area (Å²) < 4.78 is 7.44. The van der Waals surface area contributed by atoms with Gasteiger partial charge in [0, 0.05) is 18.7 Å². The molecule has 1 heterocycles. The molecule has 3 rings (SSSR count). The molecule has 0 saturated carbocycles. The maximum atomic E-state index is 13.5. The Bertz CT molecular complexity index is 1200. The van der Waals surface area contributed by atoms with E-state index in [1.165, 1.54) is 4.57 Å². The zero-order chi connectivity index (χ0) is 21.8. The lowest BCUT2D eigenvalue weighted by molar-refractivity contribution is -0.124. The predicted octanol–water partition coefficient (Wildman–Crippen LogP) is 2.83. The minimum absolute atomic E-state index is 0.310. The van der Waals surface area contributed by atoms with Crippen LogP contribution in [0.15, 0.2) is 52.1 Å². The molecular weight excluding hydrogens is 406 g/mol. The van der Waals surface area contributed by atoms with Gasteiger partial charge in [-0.3, -0.25) is 14.2 Å². The number of carbonyl (C=O) groups excluding carboxylic acids is 1. The summed E-state index contributed by atoms with van der Waals surface area (Å²) in [7, 11) is 1.55. The van der Waals surface area contributed by atoms with Gasteiger partial charge in [0.15, 0.2) is 0 Å². The number of amides is 1. The van der Waals surface area contributed by atoms with Crippen LogP contribution in [0.4, 0.5) is 0 Å². The van der Waals surface area contributed by atoms with Crippen LogP contribution in [0.5, 0.6) is 0 Å². The summed E-state index contributed by atoms with van der Waals surface area (Å²) in [4.78, 5) is 39.6. The Labute approximate surface area is 178 Å². The number of fused-ring (bicyclic) bond motifs is 1. The van der Waals surface area contributed by atoms with E-state index in [1.54, 1.807) is 43.5 Å². The van der Waals surface area contributed by atoms with Gasteiger partial charge in [-0.15, -0.1) is 0 Å². The van der Waals surface area contributed by atoms with Gasteiger partial charge in [0.05, 0.1) is 23.2 Å². The van der Waals surface area contributed by atoms with E-state index in [0.717, 1.165) is 10.1 Å². The van der Waals surface area contributed by atoms with Crippen LogP contribution in [-0.4, -0.2) is 35.3 Å². The number of hydrogen-bond donors (Lipinski definition) is 1. The van der Waals surface area contributed by atoms with Crippen molar-refractivity contribution in [3.05, 3.63) is 73.9 Å². The standard InChI is InChI=1S/C22H24ClN3O4/c1-4-18(20(27)24-10-11-30-3)26-19-9-8-14(2)12-17(19)21(28)25(22(26)29)16-7-5-6-15(23)13-16/h5-9,12-13,18H,4,10-11H2,1-3H3,(H,24,27)/t18-/m1/s1. The molecule has 30 heavy (non-hydrogen) atoms. The van der Waals surface area contributed by atoms with E-state index < -0.39 is 17.3 Å². The van der Waals surface area contributed by atoms with Crippen LogP contribution in [0.1, 0.15) is 24.9 Å². The Kier molecular flexibility index (Phi) is 6.74. The summed E-state index contributed by atoms with van der Waals surface area (Å²) in [5.41, 5.74) is 0.603. The molecule has 0 spiro atoms. The van der Waals surface area contributed by atoms with E-state index in [0.29, 0.717) is 41.2 Å². The summed E-state index contributed by atoms with van der Waals surface area (Å²) in [5.74, 6) is -0.310. The van der Waals surface area contributed by atoms with Crippen molar-refractivity contribution in [2.24, 2.45) is 0 Å². The van der Waals surface area contributed by atoms with Gasteiger partial charge in [-0.2, -0.15) is 0 Å². The lowest BCUT2D eigenvalue weighted by Crippen LogP contribution is -2.44. The second-order valence-electron chi connectivity index (χ2n) is 7.00. The number of carbonyl (C=O) groups is 1. The fraction of sp³-hybridized carbons (Fsp3) is 0.318. The first-order valence-corrected chi connectivity index (χ1v) is 10.1. The molecule has 0 saturated heterocycles. The van der Waals surface area contributed by atoms with Crippen LogP contribution < -0.4 is 16.6 Å². The quantitative estimate of drug-likeness (QED) is 0.585. The number of aryl methyl sites for hydroxylation is 1. The first kappa shape index (κ1) is 21.8. The molecule has 7 nitrogen and oxygen atoms in total. The molecule has 1 amide bonds. The molecule has 2 aromatic carbocycles. The zero-order valence-corrected chi connectivity index (χ0v) is 17.9. The van der Waals surface area contributed by atoms with Crippen molar-refractivity contribution in [3.63, 3.8) is 0 Å². The average molecular weight is 430 g/mol. The largest absolute Gasteiger partial charge is 0.383 e. The summed E-state index contributed by atoms with van der Waals surface area (Å²) in [6.45, 7) is 4.37. The molecule has 0 radical (unpaired) electrons. The number of rotatable bonds is 7. The van der Waals surface area contributed by atoms with Crippen LogP contribution in [0.2, 0.25) is 5.02 Å². The maximum Gasteiger partial charge on any atom is 0.336 e. The van der Waals surface area contributed by atoms with Crippen molar-refractivity contribution < 1.29 is 9.53 Å². The van der Waals surface area contributed by atoms with Gasteiger partial charge in [0.25, 0.3) is 5.56 Å². The van der Waals surface area contributed by atoms with E-state index in [4.69, 9.17) is 16.3 Å². The second-order valence-corrected chi connectivity index (χ2v) is 7.44. The number of ether oxygens (including phenoxy) is 1. The fourth-order valence-electron chi connectivity index (χ4n) is 3.47. The number of nitrogens with one attached hydrogen (secondary N) is 1. The number of methoxy groups -OCH3 is 1. The third-order valence-corrected chi connectivity index (χ3v) is 5.15. The predicted molar refractivity (Wildman–Crippen MR) is 118 cm³/mol. The smallest absolute Gasteiger partial charge is 0.336 e. The van der Waals surface area contributed by atoms with Crippen LogP contribution in [0.3, 0.4) is 0 Å². The third-order valence-electron chi connectivity index (χ3n) is 4.92. The van der Waals surface area contributed by atoms with Gasteiger partial charge < -0.3 is 10.1 Å². The van der Waals surface area contributed by atoms with E-state index in [2.05, 4.69) is 5.32 Å². The highest BCUT2D eigenvalue weighted by Crippen LogP contribution is 2.19. The molecule has 0 bridgehead atoms. The number of nitrogens with zero attached hydrogens (tertiary/aromatic N) is 2. The molecule has 8 heteroatoms. The monoisotopic (exact) mass is 429 g/mol. The zero-order valence-electron chi connectivity index (χ0n) is 17.1. The highest BCUT2D eigenvalue weighted by molar-refractivity contribution is 6.30. The first-order valence-electron chi connectivity index (χ1n) is 9.69. The Morgan fingerprint density at radius 3 is 2.63 bits per heavy atom. The highest BCUT2D eigenvalue weighted by atomic mass is 35.5. The number of hydrogen-bond acceptors (Lipinski definition) is 4. The number of aromatic nitrogens is 2. The van der Waals surface area contributed by atoms with Gasteiger partial charge in [0.2, 0.25) is 5.91 Å². The van der Waals surface area contributed by atoms with Crippen LogP contribution >= 0.6 is 11.6 Å². The molecule has 0 aliphatic heterocycles. The van der Waals surface area contributed by atoms with Crippen LogP contribution in [0.25, 0.3) is 16.6 Å². The summed E-state index contributed by atoms with van der Waals surface area (Å²) >= 11 is 6.09. The van der Waals surface area contributed by atoms with Crippen molar-refractivity contribution in [1.82, 2.24) is 14.5 Å². The third kappa shape index (κ3) is 4.17. The summed E-state index contributed by atoms with van der Waals surface area (Å²) in [6.07, 6.45) is 0.370. The topological polar surface area (TPSA) is 82.3 Å². The molecule has 1 N–H and O–H groups in total. The molecule has 0 aliphatic rings. The van der Waals surface area contributed by atoms with Crippen molar-refractivity contribution >= 4 is 28.4 Å². The number of halogens is 1. The molecule has 3 aromatic rings. The minimum atomic E-state index is -0.786. The Morgan fingerprint density at radius 2 is 1.97 bits per heavy atom. The normalized spacial score (nSPS) is 12.1. The SMILES string of the molecule is CC[C@H](C(=O)NCCOC)n1c(=O)n(-c2cccc(Cl)c2)c(=O)c2cc(C)ccc21. The average Bonchev–Trinajstić information content (AvgIpc) is 2.71. The van der Waals surface area contributed by atoms with Crippen molar-refractivity contribution in [3.8, 4) is 5.69 Å². The molecule has 0 fully saturated rings. The van der Waals surface area contributed by atoms with Gasteiger partial charge in [-0.25, -0.2) is 9.36 Å². The Balaban J connectivity index is 2.31. The second kappa shape index (κ2) is 9.28. The van der Waals surface area contributed by atoms with Crippen LogP contribution in [0, 0.1) is 6.92 Å². The minimum Gasteiger partial charge on any atom is -0.383 e. The Hall–Kier alpha value is -2.90. The molecule has 0 unspecified atom stereocenters. The van der Waals surface area contributed by atoms with E-state index >= 15 is 0 Å². The van der Waals surface area contributed by atoms with Crippen LogP contribution in [-0.2, 0) is 9.53 Å². The molecule has 1 atom stereocenters. The molecule has 0 aliphatic carbocycles. The Morgan fingerprint density at radius 1 is 1.20 bits per heavy atom. The van der Waals surface area contributed by atoms with E-state index in [9.17, 15) is 14.4 Å². The van der Waals surface area contributed by atoms with Gasteiger partial charge in [0.1, 0.15) is 6.04 Å². The molecule has 158 valence electrons. The van der Waals surface area contributed by atoms with Gasteiger partial charge in [-0.1, -0.05) is 36.2 Å². The lowest BCUT2D eigenvalue weighted by atomic mass is 10.1. The van der Waals surface area contributed by atoms with E-state index in [1.807, 2.05) is 19.9 Å². The maximum absolute atomic E-state index is 13.5. The summed E-state index contributed by atoms with van der Waals surface area (Å²) in [5, 5.41) is 3.55. The van der Waals surface area contributed by atoms with Crippen molar-refractivity contribution in [2.75, 3.05) is 20.3 Å². The van der Waals surface area contributed by atoms with Crippen molar-refractivity contribution in [2.45, 2.75) is 26.3 Å². The lowest BCUT2D eigenvalue weighted by Gasteiger charge is -2.22. The fourth-order valence-corrected chi connectivity index (χ4v) is 3.66. The van der Waals surface area contributed by atoms with Gasteiger partial charge >= 0.3 is 5.69 Å². The van der Waals surface area contributed by atoms with Gasteiger partial charge in [-0.05, 0) is 43.7 Å². The highest BCUT2D eigenvalue weighted by Gasteiger charge is 2.25. The van der Waals surface area contributed by atoms with Crippen molar-refractivity contribution in [1.29, 1.82) is 0 Å².